The highest BCUT2D eigenvalue weighted by molar-refractivity contribution is 6.32. The van der Waals surface area contributed by atoms with Gasteiger partial charge in [0.25, 0.3) is 0 Å². The van der Waals surface area contributed by atoms with Crippen molar-refractivity contribution in [2.45, 2.75) is 13.8 Å². The van der Waals surface area contributed by atoms with Crippen molar-refractivity contribution >= 4 is 59.6 Å². The summed E-state index contributed by atoms with van der Waals surface area (Å²) >= 11 is 0. The normalized spacial score (nSPS) is 12.1. The van der Waals surface area contributed by atoms with Crippen molar-refractivity contribution in [3.63, 3.8) is 0 Å². The summed E-state index contributed by atoms with van der Waals surface area (Å²) in [6.07, 6.45) is 0. The molecule has 0 N–H and O–H groups in total. The number of fused-ring (bicyclic) bond motifs is 8. The van der Waals surface area contributed by atoms with E-state index in [-0.39, 0.29) is 0 Å². The van der Waals surface area contributed by atoms with Gasteiger partial charge in [0.05, 0.1) is 16.6 Å². The van der Waals surface area contributed by atoms with Gasteiger partial charge in [0.15, 0.2) is 0 Å². The average Bonchev–Trinajstić information content (AvgIpc) is 3.51. The minimum Gasteiger partial charge on any atom is -0.308 e. The molecule has 0 aliphatic rings. The topological polar surface area (TPSA) is 4.41 Å². The van der Waals surface area contributed by atoms with Crippen molar-refractivity contribution in [1.82, 2.24) is 4.40 Å². The van der Waals surface area contributed by atoms with Crippen LogP contribution in [0.25, 0.3) is 81.9 Å². The molecule has 192 valence electrons. The lowest BCUT2D eigenvalue weighted by Gasteiger charge is -2.13. The number of aromatic nitrogens is 1. The van der Waals surface area contributed by atoms with Gasteiger partial charge in [-0.25, -0.2) is 0 Å². The summed E-state index contributed by atoms with van der Waals surface area (Å²) in [4.78, 5) is 0. The molecule has 1 nitrogen and oxygen atoms in total. The van der Waals surface area contributed by atoms with Crippen molar-refractivity contribution in [1.29, 1.82) is 0 Å². The molecule has 9 aromatic rings. The molecule has 0 aliphatic carbocycles. The van der Waals surface area contributed by atoms with Crippen LogP contribution in [-0.4, -0.2) is 4.40 Å². The van der Waals surface area contributed by atoms with Gasteiger partial charge in [-0.15, -0.1) is 0 Å². The minimum absolute atomic E-state index is 1.27. The monoisotopic (exact) mass is 521 g/mol. The zero-order chi connectivity index (χ0) is 27.2. The van der Waals surface area contributed by atoms with Crippen LogP contribution >= 0.6 is 0 Å². The van der Waals surface area contributed by atoms with E-state index in [1.807, 2.05) is 0 Å². The molecule has 0 saturated carbocycles. The van der Waals surface area contributed by atoms with Crippen LogP contribution in [0.4, 0.5) is 0 Å². The van der Waals surface area contributed by atoms with E-state index in [1.165, 1.54) is 93.0 Å². The number of hydrogen-bond donors (Lipinski definition) is 0. The Balaban J connectivity index is 1.55. The first-order valence-corrected chi connectivity index (χ1v) is 14.4. The molecule has 7 aromatic carbocycles. The fourth-order valence-electron chi connectivity index (χ4n) is 7.16. The molecule has 0 fully saturated rings. The van der Waals surface area contributed by atoms with Gasteiger partial charge in [0.2, 0.25) is 0 Å². The Kier molecular flexibility index (Phi) is 4.52. The van der Waals surface area contributed by atoms with Crippen molar-refractivity contribution in [3.8, 4) is 22.3 Å². The van der Waals surface area contributed by atoms with E-state index in [4.69, 9.17) is 0 Å². The zero-order valence-electron chi connectivity index (χ0n) is 23.1. The molecular formula is C40H27N. The van der Waals surface area contributed by atoms with Crippen molar-refractivity contribution < 1.29 is 0 Å². The molecular weight excluding hydrogens is 494 g/mol. The van der Waals surface area contributed by atoms with Crippen LogP contribution in [0.5, 0.6) is 0 Å². The highest BCUT2D eigenvalue weighted by atomic mass is 14.9. The smallest absolute Gasteiger partial charge is 0.0620 e. The molecule has 2 heterocycles. The first-order chi connectivity index (χ1) is 20.2. The van der Waals surface area contributed by atoms with Crippen LogP contribution in [0.3, 0.4) is 0 Å². The third-order valence-corrected chi connectivity index (χ3v) is 9.02. The second-order valence-corrected chi connectivity index (χ2v) is 11.5. The summed E-state index contributed by atoms with van der Waals surface area (Å²) in [6.45, 7) is 4.32. The van der Waals surface area contributed by atoms with Crippen molar-refractivity contribution in [2.75, 3.05) is 0 Å². The Hall–Kier alpha value is -5.14. The van der Waals surface area contributed by atoms with E-state index in [1.54, 1.807) is 0 Å². The molecule has 0 radical (unpaired) electrons. The van der Waals surface area contributed by atoms with Crippen LogP contribution in [0.1, 0.15) is 11.1 Å². The lowest BCUT2D eigenvalue weighted by atomic mass is 9.91. The third-order valence-electron chi connectivity index (χ3n) is 9.02. The van der Waals surface area contributed by atoms with Crippen LogP contribution in [0.15, 0.2) is 127 Å². The number of benzene rings is 7. The number of para-hydroxylation sites is 1. The standard InChI is InChI=1S/C40H27N/c1-24-14-18-26(19-15-24)36-30-10-5-3-8-28(30)22-34-38(36)32-12-7-13-33-39-35(41(34)40(32)33)23-29-9-4-6-11-31(29)37(39)27-20-16-25(2)17-21-27/h3-23H,1-2H3. The van der Waals surface area contributed by atoms with E-state index in [0.717, 1.165) is 0 Å². The van der Waals surface area contributed by atoms with Crippen molar-refractivity contribution in [2.24, 2.45) is 0 Å². The van der Waals surface area contributed by atoms with Crippen molar-refractivity contribution in [3.05, 3.63) is 139 Å². The molecule has 0 amide bonds. The van der Waals surface area contributed by atoms with E-state index >= 15 is 0 Å². The van der Waals surface area contributed by atoms with E-state index < -0.39 is 0 Å². The average molecular weight is 522 g/mol. The van der Waals surface area contributed by atoms with Crippen LogP contribution in [0, 0.1) is 13.8 Å². The Labute approximate surface area is 238 Å². The van der Waals surface area contributed by atoms with Gasteiger partial charge in [-0.3, -0.25) is 0 Å². The first kappa shape index (κ1) is 22.7. The van der Waals surface area contributed by atoms with E-state index in [9.17, 15) is 0 Å². The number of nitrogens with zero attached hydrogens (tertiary/aromatic N) is 1. The summed E-state index contributed by atoms with van der Waals surface area (Å²) < 4.78 is 2.55. The maximum atomic E-state index is 2.55. The summed E-state index contributed by atoms with van der Waals surface area (Å²) in [6, 6.07) is 47.5. The number of hydrogen-bond acceptors (Lipinski definition) is 0. The molecule has 41 heavy (non-hydrogen) atoms. The highest BCUT2D eigenvalue weighted by Gasteiger charge is 2.24. The minimum atomic E-state index is 1.27. The zero-order valence-corrected chi connectivity index (χ0v) is 23.1. The lowest BCUT2D eigenvalue weighted by Crippen LogP contribution is -1.89. The largest absolute Gasteiger partial charge is 0.308 e. The van der Waals surface area contributed by atoms with Gasteiger partial charge < -0.3 is 4.40 Å². The predicted molar refractivity (Wildman–Crippen MR) is 176 cm³/mol. The third kappa shape index (κ3) is 3.06. The molecule has 0 unspecified atom stereocenters. The van der Waals surface area contributed by atoms with Gasteiger partial charge >= 0.3 is 0 Å². The Bertz CT molecular complexity index is 2290. The number of aryl methyl sites for hydroxylation is 2. The summed E-state index contributed by atoms with van der Waals surface area (Å²) in [5.74, 6) is 0. The Morgan fingerprint density at radius 1 is 0.415 bits per heavy atom. The first-order valence-electron chi connectivity index (χ1n) is 14.4. The predicted octanol–water partition coefficient (Wildman–Crippen LogP) is 11.1. The lowest BCUT2D eigenvalue weighted by molar-refractivity contribution is 1.38. The molecule has 0 spiro atoms. The van der Waals surface area contributed by atoms with Gasteiger partial charge in [-0.1, -0.05) is 126 Å². The van der Waals surface area contributed by atoms with Crippen LogP contribution < -0.4 is 0 Å². The van der Waals surface area contributed by atoms with Gasteiger partial charge in [-0.2, -0.15) is 0 Å². The maximum Gasteiger partial charge on any atom is 0.0620 e. The molecule has 9 rings (SSSR count). The molecule has 0 atom stereocenters. The summed E-state index contributed by atoms with van der Waals surface area (Å²) in [5, 5.41) is 10.4. The van der Waals surface area contributed by atoms with Gasteiger partial charge in [-0.05, 0) is 69.8 Å². The summed E-state index contributed by atoms with van der Waals surface area (Å²) in [5.41, 5.74) is 11.6. The highest BCUT2D eigenvalue weighted by Crippen LogP contribution is 2.48. The SMILES string of the molecule is Cc1ccc(-c2c3ccccc3cc3c2c2cccc4c5c(-c6ccc(C)cc6)c6ccccc6cc5n3c24)cc1. The molecule has 0 saturated heterocycles. The fraction of sp³-hybridized carbons (Fsp3) is 0.0500. The molecule has 1 heteroatoms. The number of rotatable bonds is 2. The van der Waals surface area contributed by atoms with Gasteiger partial charge in [0, 0.05) is 21.5 Å². The van der Waals surface area contributed by atoms with Crippen LogP contribution in [-0.2, 0) is 0 Å². The molecule has 0 bridgehead atoms. The molecule has 0 aliphatic heterocycles. The van der Waals surface area contributed by atoms with Gasteiger partial charge in [0.1, 0.15) is 0 Å². The van der Waals surface area contributed by atoms with Crippen LogP contribution in [0.2, 0.25) is 0 Å². The summed E-state index contributed by atoms with van der Waals surface area (Å²) in [7, 11) is 0. The second-order valence-electron chi connectivity index (χ2n) is 11.5. The molecule has 2 aromatic heterocycles. The Morgan fingerprint density at radius 3 is 1.29 bits per heavy atom. The fourth-order valence-corrected chi connectivity index (χ4v) is 7.16. The van der Waals surface area contributed by atoms with E-state index in [2.05, 4.69) is 146 Å². The maximum absolute atomic E-state index is 2.55. The Morgan fingerprint density at radius 2 is 0.829 bits per heavy atom. The van der Waals surface area contributed by atoms with E-state index in [0.29, 0.717) is 0 Å². The quantitative estimate of drug-likeness (QED) is 0.213. The second kappa shape index (κ2) is 8.19.